The minimum absolute atomic E-state index is 0.296. The fraction of sp³-hybridized carbons (Fsp3) is 0.0714. The normalized spacial score (nSPS) is 10.9. The average Bonchev–Trinajstić information content (AvgIpc) is 2.69. The number of phenols is 1. The Morgan fingerprint density at radius 1 is 1.06 bits per heavy atom. The number of nitrogens with zero attached hydrogens (tertiary/aromatic N) is 1. The maximum absolute atomic E-state index is 9.81. The molecule has 2 N–H and O–H groups in total. The summed E-state index contributed by atoms with van der Waals surface area (Å²) in [7, 11) is 0. The van der Waals surface area contributed by atoms with E-state index in [4.69, 9.17) is 12.2 Å². The Kier molecular flexibility index (Phi) is 2.64. The molecule has 90 valence electrons. The number of fused-ring (bicyclic) bond motifs is 1. The molecule has 3 nitrogen and oxygen atoms in total. The minimum atomic E-state index is 0.296. The number of rotatable bonds is 2. The van der Waals surface area contributed by atoms with Crippen LogP contribution in [0.1, 0.15) is 5.56 Å². The number of aromatic nitrogens is 2. The van der Waals surface area contributed by atoms with Gasteiger partial charge in [0.1, 0.15) is 5.75 Å². The molecule has 0 aliphatic carbocycles. The molecular weight excluding hydrogens is 244 g/mol. The van der Waals surface area contributed by atoms with E-state index in [-0.39, 0.29) is 0 Å². The number of benzene rings is 2. The van der Waals surface area contributed by atoms with Crippen LogP contribution in [-0.2, 0) is 6.54 Å². The number of aromatic hydroxyl groups is 1. The van der Waals surface area contributed by atoms with E-state index in [1.54, 1.807) is 6.07 Å². The molecule has 0 amide bonds. The van der Waals surface area contributed by atoms with Crippen LogP contribution in [0.15, 0.2) is 48.5 Å². The van der Waals surface area contributed by atoms with Crippen LogP contribution in [0.4, 0.5) is 0 Å². The molecule has 0 aliphatic heterocycles. The summed E-state index contributed by atoms with van der Waals surface area (Å²) >= 11 is 5.32. The summed E-state index contributed by atoms with van der Waals surface area (Å²) in [6.45, 7) is 0.565. The quantitative estimate of drug-likeness (QED) is 0.689. The van der Waals surface area contributed by atoms with Gasteiger partial charge in [0.2, 0.25) is 0 Å². The van der Waals surface area contributed by atoms with Crippen molar-refractivity contribution < 1.29 is 5.11 Å². The molecule has 0 aliphatic rings. The topological polar surface area (TPSA) is 41.0 Å². The second kappa shape index (κ2) is 4.31. The van der Waals surface area contributed by atoms with Crippen LogP contribution in [0.2, 0.25) is 0 Å². The van der Waals surface area contributed by atoms with Crippen LogP contribution in [0, 0.1) is 4.77 Å². The maximum Gasteiger partial charge on any atom is 0.178 e. The van der Waals surface area contributed by atoms with E-state index < -0.39 is 0 Å². The molecule has 4 heteroatoms. The molecule has 1 heterocycles. The van der Waals surface area contributed by atoms with Crippen molar-refractivity contribution in [1.29, 1.82) is 0 Å². The van der Waals surface area contributed by atoms with E-state index in [0.29, 0.717) is 17.1 Å². The van der Waals surface area contributed by atoms with Gasteiger partial charge < -0.3 is 14.7 Å². The summed E-state index contributed by atoms with van der Waals surface area (Å²) < 4.78 is 2.65. The minimum Gasteiger partial charge on any atom is -0.508 e. The highest BCUT2D eigenvalue weighted by atomic mass is 32.1. The van der Waals surface area contributed by atoms with Crippen LogP contribution >= 0.6 is 12.2 Å². The van der Waals surface area contributed by atoms with Crippen molar-refractivity contribution in [3.63, 3.8) is 0 Å². The standard InChI is InChI=1S/C14H12N2OS/c17-13-8-4-1-5-10(13)9-16-12-7-3-2-6-11(12)15-14(16)18/h1-8,17H,9H2,(H,15,18). The van der Waals surface area contributed by atoms with Crippen molar-refractivity contribution in [1.82, 2.24) is 9.55 Å². The third-order valence-corrected chi connectivity index (χ3v) is 3.32. The predicted octanol–water partition coefficient (Wildman–Crippen LogP) is 3.45. The Hall–Kier alpha value is -2.07. The van der Waals surface area contributed by atoms with Gasteiger partial charge in [-0.3, -0.25) is 0 Å². The summed E-state index contributed by atoms with van der Waals surface area (Å²) in [5.74, 6) is 0.296. The van der Waals surface area contributed by atoms with Crippen molar-refractivity contribution in [3.8, 4) is 5.75 Å². The smallest absolute Gasteiger partial charge is 0.178 e. The fourth-order valence-electron chi connectivity index (χ4n) is 2.08. The largest absolute Gasteiger partial charge is 0.508 e. The van der Waals surface area contributed by atoms with Crippen molar-refractivity contribution in [2.45, 2.75) is 6.54 Å². The van der Waals surface area contributed by atoms with Gasteiger partial charge in [0, 0.05) is 5.56 Å². The Labute approximate surface area is 109 Å². The summed E-state index contributed by atoms with van der Waals surface area (Å²) in [6, 6.07) is 15.3. The van der Waals surface area contributed by atoms with Gasteiger partial charge in [-0.15, -0.1) is 0 Å². The van der Waals surface area contributed by atoms with Crippen molar-refractivity contribution in [2.24, 2.45) is 0 Å². The molecule has 0 unspecified atom stereocenters. The monoisotopic (exact) mass is 256 g/mol. The third-order valence-electron chi connectivity index (χ3n) is 3.00. The zero-order chi connectivity index (χ0) is 12.5. The van der Waals surface area contributed by atoms with Crippen LogP contribution < -0.4 is 0 Å². The van der Waals surface area contributed by atoms with Gasteiger partial charge in [-0.05, 0) is 30.4 Å². The third kappa shape index (κ3) is 1.80. The Morgan fingerprint density at radius 3 is 2.61 bits per heavy atom. The molecule has 3 rings (SSSR count). The zero-order valence-corrected chi connectivity index (χ0v) is 10.4. The van der Waals surface area contributed by atoms with E-state index in [2.05, 4.69) is 4.98 Å². The first-order valence-corrected chi connectivity index (χ1v) is 6.11. The number of hydrogen-bond acceptors (Lipinski definition) is 2. The lowest BCUT2D eigenvalue weighted by Gasteiger charge is -2.06. The zero-order valence-electron chi connectivity index (χ0n) is 9.63. The van der Waals surface area contributed by atoms with Gasteiger partial charge in [0.15, 0.2) is 4.77 Å². The average molecular weight is 256 g/mol. The molecule has 0 bridgehead atoms. The summed E-state index contributed by atoms with van der Waals surface area (Å²) in [4.78, 5) is 3.16. The lowest BCUT2D eigenvalue weighted by molar-refractivity contribution is 0.466. The Morgan fingerprint density at radius 2 is 1.78 bits per heavy atom. The molecule has 2 aromatic carbocycles. The number of imidazole rings is 1. The molecule has 0 saturated heterocycles. The molecule has 0 radical (unpaired) electrons. The van der Waals surface area contributed by atoms with E-state index in [1.165, 1.54) is 0 Å². The number of para-hydroxylation sites is 3. The van der Waals surface area contributed by atoms with Crippen LogP contribution in [0.5, 0.6) is 5.75 Å². The van der Waals surface area contributed by atoms with Gasteiger partial charge in [-0.1, -0.05) is 30.3 Å². The van der Waals surface area contributed by atoms with Gasteiger partial charge in [-0.25, -0.2) is 0 Å². The van der Waals surface area contributed by atoms with Crippen molar-refractivity contribution >= 4 is 23.3 Å². The summed E-state index contributed by atoms with van der Waals surface area (Å²) in [5, 5.41) is 9.81. The van der Waals surface area contributed by atoms with Crippen LogP contribution in [0.25, 0.3) is 11.0 Å². The summed E-state index contributed by atoms with van der Waals surface area (Å²) in [6.07, 6.45) is 0. The first kappa shape index (κ1) is 11.0. The van der Waals surface area contributed by atoms with E-state index >= 15 is 0 Å². The predicted molar refractivity (Wildman–Crippen MR) is 74.3 cm³/mol. The van der Waals surface area contributed by atoms with E-state index in [1.807, 2.05) is 47.0 Å². The van der Waals surface area contributed by atoms with Gasteiger partial charge in [0.05, 0.1) is 17.6 Å². The fourth-order valence-corrected chi connectivity index (χ4v) is 2.35. The van der Waals surface area contributed by atoms with Crippen LogP contribution in [0.3, 0.4) is 0 Å². The summed E-state index contributed by atoms with van der Waals surface area (Å²) in [5.41, 5.74) is 2.92. The van der Waals surface area contributed by atoms with Gasteiger partial charge in [-0.2, -0.15) is 0 Å². The number of aromatic amines is 1. The number of hydrogen-bond donors (Lipinski definition) is 2. The number of nitrogens with one attached hydrogen (secondary N) is 1. The highest BCUT2D eigenvalue weighted by molar-refractivity contribution is 7.71. The molecular formula is C14H12N2OS. The second-order valence-electron chi connectivity index (χ2n) is 4.16. The molecule has 0 spiro atoms. The maximum atomic E-state index is 9.81. The number of phenolic OH excluding ortho intramolecular Hbond substituents is 1. The molecule has 0 atom stereocenters. The highest BCUT2D eigenvalue weighted by Gasteiger charge is 2.06. The first-order chi connectivity index (χ1) is 8.75. The lowest BCUT2D eigenvalue weighted by Crippen LogP contribution is -1.99. The highest BCUT2D eigenvalue weighted by Crippen LogP contribution is 2.20. The Balaban J connectivity index is 2.13. The molecule has 0 fully saturated rings. The number of H-pyrrole nitrogens is 1. The first-order valence-electron chi connectivity index (χ1n) is 5.70. The van der Waals surface area contributed by atoms with E-state index in [9.17, 15) is 5.11 Å². The molecule has 0 saturated carbocycles. The SMILES string of the molecule is Oc1ccccc1Cn1c(=S)[nH]c2ccccc21. The van der Waals surface area contributed by atoms with Crippen molar-refractivity contribution in [2.75, 3.05) is 0 Å². The van der Waals surface area contributed by atoms with Gasteiger partial charge >= 0.3 is 0 Å². The Bertz CT molecular complexity index is 758. The van der Waals surface area contributed by atoms with E-state index in [0.717, 1.165) is 16.6 Å². The van der Waals surface area contributed by atoms with Crippen LogP contribution in [-0.4, -0.2) is 14.7 Å². The molecule has 3 aromatic rings. The van der Waals surface area contributed by atoms with Crippen molar-refractivity contribution in [3.05, 3.63) is 58.9 Å². The molecule has 1 aromatic heterocycles. The molecule has 18 heavy (non-hydrogen) atoms. The second-order valence-corrected chi connectivity index (χ2v) is 4.55. The lowest BCUT2D eigenvalue weighted by atomic mass is 10.2. The van der Waals surface area contributed by atoms with Gasteiger partial charge in [0.25, 0.3) is 0 Å².